The molecule has 0 unspecified atom stereocenters. The maximum atomic E-state index is 12.5. The van der Waals surface area contributed by atoms with Crippen LogP contribution >= 0.6 is 0 Å². The minimum Gasteiger partial charge on any atom is -0.497 e. The van der Waals surface area contributed by atoms with Crippen LogP contribution in [0.3, 0.4) is 0 Å². The number of ether oxygens (including phenoxy) is 2. The van der Waals surface area contributed by atoms with E-state index in [0.717, 1.165) is 32.7 Å². The van der Waals surface area contributed by atoms with Crippen molar-refractivity contribution in [3.8, 4) is 11.5 Å². The Bertz CT molecular complexity index is 828. The topological polar surface area (TPSA) is 56.4 Å². The van der Waals surface area contributed by atoms with Crippen molar-refractivity contribution < 1.29 is 24.1 Å². The number of methoxy groups -OCH3 is 2. The lowest BCUT2D eigenvalue weighted by Crippen LogP contribution is -3.28. The highest BCUT2D eigenvalue weighted by Gasteiger charge is 2.25. The van der Waals surface area contributed by atoms with Crippen LogP contribution in [0, 0.1) is 0 Å². The van der Waals surface area contributed by atoms with Crippen molar-refractivity contribution in [2.24, 2.45) is 0 Å². The molecular weight excluding hydrogens is 378 g/mol. The van der Waals surface area contributed by atoms with Crippen molar-refractivity contribution in [3.63, 3.8) is 0 Å². The molecular formula is C24H35N3O3+2. The van der Waals surface area contributed by atoms with Crippen LogP contribution in [0.2, 0.25) is 0 Å². The molecule has 0 aliphatic carbocycles. The molecule has 6 nitrogen and oxygen atoms in total. The number of quaternary nitrogens is 2. The molecule has 30 heavy (non-hydrogen) atoms. The molecule has 3 N–H and O–H groups in total. The highest BCUT2D eigenvalue weighted by molar-refractivity contribution is 5.93. The van der Waals surface area contributed by atoms with E-state index in [1.54, 1.807) is 25.2 Å². The predicted octanol–water partition coefficient (Wildman–Crippen LogP) is 0.749. The lowest BCUT2D eigenvalue weighted by Gasteiger charge is -2.29. The molecule has 0 spiro atoms. The molecule has 1 aliphatic rings. The van der Waals surface area contributed by atoms with Gasteiger partial charge in [0.05, 0.1) is 19.9 Å². The lowest BCUT2D eigenvalue weighted by atomic mass is 10.0. The first-order chi connectivity index (χ1) is 14.5. The molecule has 162 valence electrons. The Labute approximate surface area is 179 Å². The van der Waals surface area contributed by atoms with Crippen LogP contribution in [-0.2, 0) is 11.3 Å². The highest BCUT2D eigenvalue weighted by atomic mass is 16.5. The molecule has 0 atom stereocenters. The van der Waals surface area contributed by atoms with Crippen molar-refractivity contribution >= 4 is 11.6 Å². The second-order valence-corrected chi connectivity index (χ2v) is 8.36. The van der Waals surface area contributed by atoms with E-state index >= 15 is 0 Å². The molecule has 3 rings (SSSR count). The molecule has 1 fully saturated rings. The Morgan fingerprint density at radius 2 is 1.63 bits per heavy atom. The van der Waals surface area contributed by atoms with Gasteiger partial charge in [-0.25, -0.2) is 0 Å². The first-order valence-electron chi connectivity index (χ1n) is 10.8. The molecule has 0 radical (unpaired) electrons. The van der Waals surface area contributed by atoms with E-state index < -0.39 is 0 Å². The fraction of sp³-hybridized carbons (Fsp3) is 0.458. The van der Waals surface area contributed by atoms with Crippen molar-refractivity contribution in [3.05, 3.63) is 53.6 Å². The van der Waals surface area contributed by atoms with Crippen molar-refractivity contribution in [2.75, 3.05) is 52.3 Å². The standard InChI is InChI=1S/C24H33N3O3/c1-18(2)20-7-5-19(6-8-20)16-26-11-13-27(14-12-26)17-24(28)25-22-10-9-21(29-3)15-23(22)30-4/h5-10,15,18H,11-14,16-17H2,1-4H3,(H,25,28)/p+2. The number of hydrogen-bond acceptors (Lipinski definition) is 3. The third-order valence-corrected chi connectivity index (χ3v) is 5.86. The zero-order valence-electron chi connectivity index (χ0n) is 18.6. The van der Waals surface area contributed by atoms with Gasteiger partial charge in [-0.3, -0.25) is 4.79 Å². The normalized spacial score (nSPS) is 18.8. The first-order valence-corrected chi connectivity index (χ1v) is 10.8. The number of amides is 1. The monoisotopic (exact) mass is 413 g/mol. The molecule has 0 bridgehead atoms. The van der Waals surface area contributed by atoms with Gasteiger partial charge in [0, 0.05) is 11.6 Å². The molecule has 0 aromatic heterocycles. The van der Waals surface area contributed by atoms with Gasteiger partial charge in [-0.1, -0.05) is 38.1 Å². The molecule has 1 aliphatic heterocycles. The Kier molecular flexibility index (Phi) is 7.71. The Hall–Kier alpha value is -2.57. The van der Waals surface area contributed by atoms with Gasteiger partial charge in [-0.15, -0.1) is 0 Å². The summed E-state index contributed by atoms with van der Waals surface area (Å²) in [6.07, 6.45) is 0. The van der Waals surface area contributed by atoms with Crippen LogP contribution in [0.25, 0.3) is 0 Å². The summed E-state index contributed by atoms with van der Waals surface area (Å²) in [5.74, 6) is 1.90. The number of benzene rings is 2. The van der Waals surface area contributed by atoms with Gasteiger partial charge in [-0.05, 0) is 23.6 Å². The predicted molar refractivity (Wildman–Crippen MR) is 119 cm³/mol. The van der Waals surface area contributed by atoms with Crippen molar-refractivity contribution in [1.82, 2.24) is 0 Å². The van der Waals surface area contributed by atoms with E-state index in [2.05, 4.69) is 43.4 Å². The number of rotatable bonds is 8. The smallest absolute Gasteiger partial charge is 0.279 e. The summed E-state index contributed by atoms with van der Waals surface area (Å²) in [7, 11) is 3.20. The van der Waals surface area contributed by atoms with Gasteiger partial charge in [0.25, 0.3) is 5.91 Å². The maximum Gasteiger partial charge on any atom is 0.279 e. The summed E-state index contributed by atoms with van der Waals surface area (Å²) >= 11 is 0. The second-order valence-electron chi connectivity index (χ2n) is 8.36. The molecule has 1 heterocycles. The Morgan fingerprint density at radius 1 is 0.967 bits per heavy atom. The van der Waals surface area contributed by atoms with Gasteiger partial charge in [-0.2, -0.15) is 0 Å². The Morgan fingerprint density at radius 3 is 2.23 bits per heavy atom. The zero-order chi connectivity index (χ0) is 21.5. The largest absolute Gasteiger partial charge is 0.497 e. The third kappa shape index (κ3) is 5.97. The quantitative estimate of drug-likeness (QED) is 0.599. The van der Waals surface area contributed by atoms with E-state index in [1.807, 2.05) is 12.1 Å². The number of carbonyl (C=O) groups excluding carboxylic acids is 1. The fourth-order valence-electron chi connectivity index (χ4n) is 3.94. The molecule has 1 saturated heterocycles. The van der Waals surface area contributed by atoms with Crippen LogP contribution < -0.4 is 24.6 Å². The highest BCUT2D eigenvalue weighted by Crippen LogP contribution is 2.28. The van der Waals surface area contributed by atoms with E-state index in [1.165, 1.54) is 16.0 Å². The van der Waals surface area contributed by atoms with Crippen LogP contribution in [-0.4, -0.2) is 52.9 Å². The van der Waals surface area contributed by atoms with Gasteiger partial charge < -0.3 is 24.6 Å². The zero-order valence-corrected chi connectivity index (χ0v) is 18.6. The first kappa shape index (κ1) is 22.1. The summed E-state index contributed by atoms with van der Waals surface area (Å²) in [5, 5.41) is 2.98. The van der Waals surface area contributed by atoms with Crippen molar-refractivity contribution in [2.45, 2.75) is 26.3 Å². The number of carbonyl (C=O) groups is 1. The summed E-state index contributed by atoms with van der Waals surface area (Å²) < 4.78 is 10.6. The summed E-state index contributed by atoms with van der Waals surface area (Å²) in [6.45, 7) is 10.2. The van der Waals surface area contributed by atoms with E-state index in [9.17, 15) is 4.79 Å². The number of piperazine rings is 1. The van der Waals surface area contributed by atoms with Gasteiger partial charge in [0.1, 0.15) is 44.2 Å². The van der Waals surface area contributed by atoms with Crippen LogP contribution in [0.15, 0.2) is 42.5 Å². The van der Waals surface area contributed by atoms with E-state index in [-0.39, 0.29) is 5.91 Å². The average Bonchev–Trinajstić information content (AvgIpc) is 2.75. The number of hydrogen-bond donors (Lipinski definition) is 3. The summed E-state index contributed by atoms with van der Waals surface area (Å²) in [6, 6.07) is 14.4. The van der Waals surface area contributed by atoms with Crippen LogP contribution in [0.5, 0.6) is 11.5 Å². The van der Waals surface area contributed by atoms with Crippen molar-refractivity contribution in [1.29, 1.82) is 0 Å². The average molecular weight is 414 g/mol. The van der Waals surface area contributed by atoms with Gasteiger partial charge in [0.2, 0.25) is 0 Å². The van der Waals surface area contributed by atoms with Crippen LogP contribution in [0.4, 0.5) is 5.69 Å². The minimum atomic E-state index is 0.0150. The molecule has 2 aromatic rings. The maximum absolute atomic E-state index is 12.5. The van der Waals surface area contributed by atoms with E-state index in [4.69, 9.17) is 9.47 Å². The lowest BCUT2D eigenvalue weighted by molar-refractivity contribution is -1.02. The molecule has 6 heteroatoms. The van der Waals surface area contributed by atoms with E-state index in [0.29, 0.717) is 29.6 Å². The summed E-state index contributed by atoms with van der Waals surface area (Å²) in [5.41, 5.74) is 3.46. The summed E-state index contributed by atoms with van der Waals surface area (Å²) in [4.78, 5) is 15.5. The number of anilines is 1. The second kappa shape index (κ2) is 10.5. The third-order valence-electron chi connectivity index (χ3n) is 5.86. The Balaban J connectivity index is 1.45. The van der Waals surface area contributed by atoms with Gasteiger partial charge in [0.15, 0.2) is 6.54 Å². The fourth-order valence-corrected chi connectivity index (χ4v) is 3.94. The van der Waals surface area contributed by atoms with Gasteiger partial charge >= 0.3 is 0 Å². The minimum absolute atomic E-state index is 0.0150. The van der Waals surface area contributed by atoms with Crippen LogP contribution in [0.1, 0.15) is 30.9 Å². The molecule has 1 amide bonds. The number of nitrogens with one attached hydrogen (secondary N) is 3. The molecule has 0 saturated carbocycles. The SMILES string of the molecule is COc1ccc(NC(=O)C[NH+]2CC[NH+](Cc3ccc(C(C)C)cc3)CC2)c(OC)c1. The molecule has 2 aromatic carbocycles.